The van der Waals surface area contributed by atoms with Crippen molar-refractivity contribution in [3.63, 3.8) is 0 Å². The number of hydrogen-bond acceptors (Lipinski definition) is 3. The summed E-state index contributed by atoms with van der Waals surface area (Å²) in [5.41, 5.74) is 5.92. The number of carboxylic acid groups (broad SMARTS) is 1. The minimum atomic E-state index is -1.30. The van der Waals surface area contributed by atoms with Crippen LogP contribution >= 0.6 is 0 Å². The number of aromatic carboxylic acids is 1. The van der Waals surface area contributed by atoms with Crippen LogP contribution in [0.2, 0.25) is 0 Å². The first kappa shape index (κ1) is 14.8. The van der Waals surface area contributed by atoms with Gasteiger partial charge in [0.1, 0.15) is 17.2 Å². The zero-order valence-corrected chi connectivity index (χ0v) is 11.1. The summed E-state index contributed by atoms with van der Waals surface area (Å²) in [6.45, 7) is 0.414. The first-order valence-corrected chi connectivity index (χ1v) is 6.28. The molecule has 0 aliphatic rings. The zero-order chi connectivity index (χ0) is 15.4. The van der Waals surface area contributed by atoms with Gasteiger partial charge in [-0.3, -0.25) is 0 Å². The molecule has 0 heterocycles. The molecule has 0 atom stereocenters. The number of carboxylic acids is 1. The minimum Gasteiger partial charge on any atom is -0.478 e. The number of hydrogen-bond donors (Lipinski definition) is 3. The van der Waals surface area contributed by atoms with E-state index >= 15 is 0 Å². The van der Waals surface area contributed by atoms with Crippen molar-refractivity contribution >= 4 is 17.3 Å². The first-order valence-electron chi connectivity index (χ1n) is 6.28. The average molecular weight is 292 g/mol. The van der Waals surface area contributed by atoms with E-state index in [1.807, 2.05) is 0 Å². The summed E-state index contributed by atoms with van der Waals surface area (Å²) in [5, 5.41) is 12.0. The summed E-state index contributed by atoms with van der Waals surface area (Å²) in [6, 6.07) is 8.45. The normalized spacial score (nSPS) is 10.4. The van der Waals surface area contributed by atoms with E-state index < -0.39 is 17.5 Å². The van der Waals surface area contributed by atoms with Crippen molar-refractivity contribution in [3.8, 4) is 0 Å². The predicted octanol–water partition coefficient (Wildman–Crippen LogP) is 2.90. The fraction of sp³-hybridized carbons (Fsp3) is 0.133. The second kappa shape index (κ2) is 6.21. The molecule has 6 heteroatoms. The van der Waals surface area contributed by atoms with Gasteiger partial charge in [0.15, 0.2) is 0 Å². The summed E-state index contributed by atoms with van der Waals surface area (Å²) in [4.78, 5) is 11.1. The maximum atomic E-state index is 13.3. The van der Waals surface area contributed by atoms with Crippen molar-refractivity contribution in [2.45, 2.75) is 6.42 Å². The van der Waals surface area contributed by atoms with Gasteiger partial charge in [0.2, 0.25) is 0 Å². The molecule has 4 N–H and O–H groups in total. The predicted molar refractivity (Wildman–Crippen MR) is 76.4 cm³/mol. The number of rotatable bonds is 5. The Hall–Kier alpha value is -2.63. The highest BCUT2D eigenvalue weighted by Gasteiger charge is 2.17. The first-order chi connectivity index (χ1) is 9.99. The zero-order valence-electron chi connectivity index (χ0n) is 11.1. The van der Waals surface area contributed by atoms with Gasteiger partial charge in [-0.15, -0.1) is 0 Å². The summed E-state index contributed by atoms with van der Waals surface area (Å²) < 4.78 is 26.1. The van der Waals surface area contributed by atoms with Gasteiger partial charge in [-0.2, -0.15) is 0 Å². The number of nitrogens with two attached hydrogens (primary N) is 1. The van der Waals surface area contributed by atoms with Crippen LogP contribution in [0.5, 0.6) is 0 Å². The van der Waals surface area contributed by atoms with Crippen molar-refractivity contribution in [2.75, 3.05) is 17.6 Å². The molecule has 0 amide bonds. The Morgan fingerprint density at radius 1 is 1.14 bits per heavy atom. The molecule has 0 radical (unpaired) electrons. The Bertz CT molecular complexity index is 657. The third kappa shape index (κ3) is 3.47. The van der Waals surface area contributed by atoms with Crippen molar-refractivity contribution < 1.29 is 18.7 Å². The summed E-state index contributed by atoms with van der Waals surface area (Å²) in [5.74, 6) is -2.38. The summed E-state index contributed by atoms with van der Waals surface area (Å²) in [6.07, 6.45) is 0.566. The second-order valence-corrected chi connectivity index (χ2v) is 4.49. The Balaban J connectivity index is 2.08. The molecule has 110 valence electrons. The molecule has 21 heavy (non-hydrogen) atoms. The highest BCUT2D eigenvalue weighted by atomic mass is 19.1. The van der Waals surface area contributed by atoms with E-state index in [1.165, 1.54) is 18.2 Å². The van der Waals surface area contributed by atoms with Crippen LogP contribution in [0.25, 0.3) is 0 Å². The van der Waals surface area contributed by atoms with Crippen molar-refractivity contribution in [2.24, 2.45) is 0 Å². The van der Waals surface area contributed by atoms with Crippen LogP contribution in [0.1, 0.15) is 15.9 Å². The highest BCUT2D eigenvalue weighted by Crippen LogP contribution is 2.25. The quantitative estimate of drug-likeness (QED) is 0.741. The monoisotopic (exact) mass is 292 g/mol. The largest absolute Gasteiger partial charge is 0.478 e. The molecule has 2 rings (SSSR count). The van der Waals surface area contributed by atoms with Gasteiger partial charge in [-0.25, -0.2) is 13.6 Å². The number of benzene rings is 2. The van der Waals surface area contributed by atoms with Gasteiger partial charge in [-0.1, -0.05) is 12.1 Å². The number of nitrogens with one attached hydrogen (secondary N) is 1. The maximum Gasteiger partial charge on any atom is 0.340 e. The van der Waals surface area contributed by atoms with Gasteiger partial charge in [0, 0.05) is 6.54 Å². The molecule has 2 aromatic carbocycles. The number of nitrogen functional groups attached to an aromatic ring is 1. The van der Waals surface area contributed by atoms with E-state index in [0.29, 0.717) is 13.0 Å². The van der Waals surface area contributed by atoms with Crippen molar-refractivity contribution in [3.05, 3.63) is 59.2 Å². The molecule has 0 saturated carbocycles. The van der Waals surface area contributed by atoms with Crippen LogP contribution in [-0.2, 0) is 6.42 Å². The van der Waals surface area contributed by atoms with Crippen LogP contribution in [0.15, 0.2) is 36.4 Å². The molecule has 4 nitrogen and oxygen atoms in total. The SMILES string of the molecule is Nc1c(F)ccc(NCCc2ccc(F)cc2)c1C(=O)O. The lowest BCUT2D eigenvalue weighted by Crippen LogP contribution is -2.12. The molecule has 0 aromatic heterocycles. The molecular formula is C15H14F2N2O2. The number of halogens is 2. The molecule has 0 spiro atoms. The fourth-order valence-electron chi connectivity index (χ4n) is 1.96. The van der Waals surface area contributed by atoms with Crippen molar-refractivity contribution in [1.82, 2.24) is 0 Å². The van der Waals surface area contributed by atoms with E-state index in [1.54, 1.807) is 12.1 Å². The molecule has 2 aromatic rings. The standard InChI is InChI=1S/C15H14F2N2O2/c16-10-3-1-9(2-4-10)7-8-19-12-6-5-11(17)14(18)13(12)15(20)21/h1-6,19H,7-8,18H2,(H,20,21). The lowest BCUT2D eigenvalue weighted by molar-refractivity contribution is 0.0698. The van der Waals surface area contributed by atoms with Crippen LogP contribution in [-0.4, -0.2) is 17.6 Å². The second-order valence-electron chi connectivity index (χ2n) is 4.49. The van der Waals surface area contributed by atoms with E-state index in [4.69, 9.17) is 10.8 Å². The molecule has 0 fully saturated rings. The lowest BCUT2D eigenvalue weighted by Gasteiger charge is -2.12. The Morgan fingerprint density at radius 3 is 2.43 bits per heavy atom. The van der Waals surface area contributed by atoms with Gasteiger partial charge < -0.3 is 16.2 Å². The molecular weight excluding hydrogens is 278 g/mol. The smallest absolute Gasteiger partial charge is 0.340 e. The van der Waals surface area contributed by atoms with Gasteiger partial charge in [-0.05, 0) is 36.2 Å². The Labute approximate surface area is 120 Å². The van der Waals surface area contributed by atoms with E-state index in [-0.39, 0.29) is 17.1 Å². The van der Waals surface area contributed by atoms with Crippen LogP contribution in [0, 0.1) is 11.6 Å². The van der Waals surface area contributed by atoms with Crippen LogP contribution in [0.4, 0.5) is 20.2 Å². The number of anilines is 2. The Kier molecular flexibility index (Phi) is 4.37. The Morgan fingerprint density at radius 2 is 1.81 bits per heavy atom. The van der Waals surface area contributed by atoms with E-state index in [2.05, 4.69) is 5.32 Å². The van der Waals surface area contributed by atoms with Gasteiger partial charge in [0.25, 0.3) is 0 Å². The van der Waals surface area contributed by atoms with Crippen molar-refractivity contribution in [1.29, 1.82) is 0 Å². The van der Waals surface area contributed by atoms with Crippen LogP contribution in [0.3, 0.4) is 0 Å². The third-order valence-electron chi connectivity index (χ3n) is 3.05. The summed E-state index contributed by atoms with van der Waals surface area (Å²) >= 11 is 0. The molecule has 0 saturated heterocycles. The van der Waals surface area contributed by atoms with Gasteiger partial charge >= 0.3 is 5.97 Å². The maximum absolute atomic E-state index is 13.3. The van der Waals surface area contributed by atoms with E-state index in [0.717, 1.165) is 11.6 Å². The minimum absolute atomic E-state index is 0.253. The summed E-state index contributed by atoms with van der Waals surface area (Å²) in [7, 11) is 0. The molecule has 0 bridgehead atoms. The fourth-order valence-corrected chi connectivity index (χ4v) is 1.96. The highest BCUT2D eigenvalue weighted by molar-refractivity contribution is 6.00. The molecule has 0 aliphatic heterocycles. The topological polar surface area (TPSA) is 75.3 Å². The third-order valence-corrected chi connectivity index (χ3v) is 3.05. The average Bonchev–Trinajstić information content (AvgIpc) is 2.44. The molecule has 0 unspecified atom stereocenters. The number of carbonyl (C=O) groups is 1. The lowest BCUT2D eigenvalue weighted by atomic mass is 10.1. The van der Waals surface area contributed by atoms with Gasteiger partial charge in [0.05, 0.1) is 11.4 Å². The van der Waals surface area contributed by atoms with E-state index in [9.17, 15) is 13.6 Å². The molecule has 0 aliphatic carbocycles. The van der Waals surface area contributed by atoms with Crippen LogP contribution < -0.4 is 11.1 Å².